The average Bonchev–Trinajstić information content (AvgIpc) is 2.87. The zero-order valence-electron chi connectivity index (χ0n) is 16.6. The fourth-order valence-corrected chi connectivity index (χ4v) is 4.24. The smallest absolute Gasteiger partial charge is 0.410 e. The summed E-state index contributed by atoms with van der Waals surface area (Å²) in [7, 11) is 0. The summed E-state index contributed by atoms with van der Waals surface area (Å²) in [5.41, 5.74) is -0.455. The topological polar surface area (TPSA) is 76.6 Å². The summed E-state index contributed by atoms with van der Waals surface area (Å²) in [4.78, 5) is 14.5. The number of halogens is 2. The first kappa shape index (κ1) is 21.4. The fourth-order valence-electron chi connectivity index (χ4n) is 3.96. The Kier molecular flexibility index (Phi) is 6.89. The van der Waals surface area contributed by atoms with Gasteiger partial charge >= 0.3 is 6.09 Å². The molecule has 2 aliphatic rings. The number of piperidine rings is 1. The van der Waals surface area contributed by atoms with Crippen molar-refractivity contribution >= 4 is 29.3 Å². The first-order chi connectivity index (χ1) is 13.2. The molecule has 1 aromatic rings. The molecule has 3 rings (SSSR count). The lowest BCUT2D eigenvalue weighted by Crippen LogP contribution is -2.52. The van der Waals surface area contributed by atoms with Crippen molar-refractivity contribution in [1.29, 1.82) is 0 Å². The molecule has 156 valence electrons. The fraction of sp³-hybridized carbons (Fsp3) is 0.737. The van der Waals surface area contributed by atoms with Crippen molar-refractivity contribution in [1.82, 2.24) is 20.4 Å². The predicted molar refractivity (Wildman–Crippen MR) is 108 cm³/mol. The largest absolute Gasteiger partial charge is 0.490 e. The molecule has 3 heterocycles. The molecule has 9 heteroatoms. The van der Waals surface area contributed by atoms with Crippen LogP contribution in [0.1, 0.15) is 52.9 Å². The highest BCUT2D eigenvalue weighted by Crippen LogP contribution is 2.36. The molecule has 2 saturated heterocycles. The van der Waals surface area contributed by atoms with Crippen molar-refractivity contribution in [2.24, 2.45) is 0 Å². The minimum atomic E-state index is -0.455. The number of nitrogens with zero attached hydrogens (tertiary/aromatic N) is 3. The van der Waals surface area contributed by atoms with Crippen LogP contribution in [0, 0.1) is 0 Å². The molecule has 2 fully saturated rings. The quantitative estimate of drug-likeness (QED) is 0.685. The third-order valence-electron chi connectivity index (χ3n) is 5.04. The van der Waals surface area contributed by atoms with Gasteiger partial charge in [-0.3, -0.25) is 0 Å². The molecule has 28 heavy (non-hydrogen) atoms. The predicted octanol–water partition coefficient (Wildman–Crippen LogP) is 4.07. The van der Waals surface area contributed by atoms with Crippen LogP contribution >= 0.6 is 23.2 Å². The lowest BCUT2D eigenvalue weighted by atomic mass is 9.97. The van der Waals surface area contributed by atoms with E-state index in [9.17, 15) is 4.79 Å². The molecule has 1 N–H and O–H groups in total. The zero-order valence-corrected chi connectivity index (χ0v) is 18.1. The summed E-state index contributed by atoms with van der Waals surface area (Å²) in [6, 6.07) is 2.52. The molecule has 2 atom stereocenters. The minimum absolute atomic E-state index is 0.173. The van der Waals surface area contributed by atoms with Gasteiger partial charge in [0.2, 0.25) is 0 Å². The second-order valence-electron chi connectivity index (χ2n) is 8.42. The highest BCUT2D eigenvalue weighted by atomic mass is 35.5. The summed E-state index contributed by atoms with van der Waals surface area (Å²) in [6.45, 7) is 7.07. The number of fused-ring (bicyclic) bond motifs is 2. The third-order valence-corrected chi connectivity index (χ3v) is 5.48. The lowest BCUT2D eigenvalue weighted by Gasteiger charge is -2.39. The second-order valence-corrected chi connectivity index (χ2v) is 9.16. The van der Waals surface area contributed by atoms with Crippen LogP contribution in [0.2, 0.25) is 10.3 Å². The molecule has 2 bridgehead atoms. The highest BCUT2D eigenvalue weighted by molar-refractivity contribution is 6.32. The van der Waals surface area contributed by atoms with Crippen LogP contribution in [0.5, 0.6) is 5.75 Å². The summed E-state index contributed by atoms with van der Waals surface area (Å²) >= 11 is 11.7. The summed E-state index contributed by atoms with van der Waals surface area (Å²) in [6.07, 6.45) is 4.70. The van der Waals surface area contributed by atoms with Gasteiger partial charge in [-0.1, -0.05) is 23.2 Å². The standard InChI is InChI=1S/C19H28Cl2N4O3/c1-19(2,3)28-18(26)25-13-5-6-14(25)10-12(9-13)22-7-4-8-27-15-11-16(20)23-24-17(15)21/h11-14,22H,4-10H2,1-3H3. The van der Waals surface area contributed by atoms with Crippen molar-refractivity contribution in [3.05, 3.63) is 16.4 Å². The van der Waals surface area contributed by atoms with Gasteiger partial charge in [-0.25, -0.2) is 4.79 Å². The van der Waals surface area contributed by atoms with Gasteiger partial charge in [0.15, 0.2) is 16.1 Å². The Balaban J connectivity index is 1.39. The van der Waals surface area contributed by atoms with E-state index < -0.39 is 5.60 Å². The maximum Gasteiger partial charge on any atom is 0.410 e. The molecule has 0 aliphatic carbocycles. The summed E-state index contributed by atoms with van der Waals surface area (Å²) < 4.78 is 11.2. The molecular formula is C19H28Cl2N4O3. The van der Waals surface area contributed by atoms with Crippen molar-refractivity contribution < 1.29 is 14.3 Å². The van der Waals surface area contributed by atoms with Crippen LogP contribution < -0.4 is 10.1 Å². The van der Waals surface area contributed by atoms with Gasteiger partial charge in [0.1, 0.15) is 5.60 Å². The summed E-state index contributed by atoms with van der Waals surface area (Å²) in [5, 5.41) is 11.4. The number of aromatic nitrogens is 2. The molecule has 1 aromatic heterocycles. The van der Waals surface area contributed by atoms with Crippen molar-refractivity contribution in [2.45, 2.75) is 76.6 Å². The van der Waals surface area contributed by atoms with Crippen molar-refractivity contribution in [3.8, 4) is 5.75 Å². The number of carbonyl (C=O) groups excluding carboxylic acids is 1. The first-order valence-electron chi connectivity index (χ1n) is 9.79. The van der Waals surface area contributed by atoms with Gasteiger partial charge in [-0.2, -0.15) is 0 Å². The summed E-state index contributed by atoms with van der Waals surface area (Å²) in [5.74, 6) is 0.449. The number of carbonyl (C=O) groups is 1. The molecule has 0 saturated carbocycles. The van der Waals surface area contributed by atoms with E-state index in [4.69, 9.17) is 32.7 Å². The maximum atomic E-state index is 12.5. The van der Waals surface area contributed by atoms with Gasteiger partial charge in [-0.15, -0.1) is 10.2 Å². The van der Waals surface area contributed by atoms with Crippen molar-refractivity contribution in [3.63, 3.8) is 0 Å². The Morgan fingerprint density at radius 2 is 1.93 bits per heavy atom. The SMILES string of the molecule is CC(C)(C)OC(=O)N1C2CCC1CC(NCCCOc1cc(Cl)nnc1Cl)C2. The zero-order chi connectivity index (χ0) is 20.3. The number of nitrogens with one attached hydrogen (secondary N) is 1. The van der Waals surface area contributed by atoms with E-state index >= 15 is 0 Å². The molecule has 7 nitrogen and oxygen atoms in total. The molecule has 2 aliphatic heterocycles. The van der Waals surface area contributed by atoms with Gasteiger partial charge in [0.05, 0.1) is 6.61 Å². The van der Waals surface area contributed by atoms with Gasteiger partial charge in [0, 0.05) is 24.2 Å². The Morgan fingerprint density at radius 3 is 2.57 bits per heavy atom. The van der Waals surface area contributed by atoms with E-state index in [0.717, 1.165) is 38.6 Å². The molecular weight excluding hydrogens is 403 g/mol. The van der Waals surface area contributed by atoms with Crippen LogP contribution in [-0.2, 0) is 4.74 Å². The Labute approximate surface area is 176 Å². The van der Waals surface area contributed by atoms with E-state index in [0.29, 0.717) is 18.4 Å². The number of hydrogen-bond acceptors (Lipinski definition) is 6. The molecule has 1 amide bonds. The second kappa shape index (κ2) is 9.01. The number of ether oxygens (including phenoxy) is 2. The van der Waals surface area contributed by atoms with E-state index in [-0.39, 0.29) is 28.5 Å². The lowest BCUT2D eigenvalue weighted by molar-refractivity contribution is 0.00473. The van der Waals surface area contributed by atoms with Crippen molar-refractivity contribution in [2.75, 3.05) is 13.2 Å². The van der Waals surface area contributed by atoms with E-state index in [1.165, 1.54) is 0 Å². The first-order valence-corrected chi connectivity index (χ1v) is 10.5. The molecule has 2 unspecified atom stereocenters. The van der Waals surface area contributed by atoms with Crippen LogP contribution in [0.15, 0.2) is 6.07 Å². The number of rotatable bonds is 6. The van der Waals surface area contributed by atoms with E-state index in [1.54, 1.807) is 6.07 Å². The number of hydrogen-bond donors (Lipinski definition) is 1. The monoisotopic (exact) mass is 430 g/mol. The Hall–Kier alpha value is -1.31. The van der Waals surface area contributed by atoms with Crippen LogP contribution in [0.25, 0.3) is 0 Å². The molecule has 0 aromatic carbocycles. The Morgan fingerprint density at radius 1 is 1.25 bits per heavy atom. The van der Waals surface area contributed by atoms with Crippen LogP contribution in [0.3, 0.4) is 0 Å². The van der Waals surface area contributed by atoms with Gasteiger partial charge in [0.25, 0.3) is 0 Å². The maximum absolute atomic E-state index is 12.5. The van der Waals surface area contributed by atoms with Gasteiger partial charge in [-0.05, 0) is 59.4 Å². The average molecular weight is 431 g/mol. The van der Waals surface area contributed by atoms with E-state index in [1.807, 2.05) is 25.7 Å². The number of amides is 1. The third kappa shape index (κ3) is 5.61. The minimum Gasteiger partial charge on any atom is -0.490 e. The van der Waals surface area contributed by atoms with Crippen LogP contribution in [0.4, 0.5) is 4.79 Å². The molecule has 0 spiro atoms. The van der Waals surface area contributed by atoms with Gasteiger partial charge < -0.3 is 19.7 Å². The Bertz CT molecular complexity index is 684. The van der Waals surface area contributed by atoms with Crippen LogP contribution in [-0.4, -0.2) is 58.1 Å². The van der Waals surface area contributed by atoms with E-state index in [2.05, 4.69) is 15.5 Å². The normalized spacial score (nSPS) is 24.3. The highest BCUT2D eigenvalue weighted by Gasteiger charge is 2.44. The molecule has 0 radical (unpaired) electrons.